The van der Waals surface area contributed by atoms with Crippen LogP contribution in [0.15, 0.2) is 29.4 Å². The van der Waals surface area contributed by atoms with Gasteiger partial charge in [-0.3, -0.25) is 0 Å². The van der Waals surface area contributed by atoms with Crippen molar-refractivity contribution in [1.29, 1.82) is 0 Å². The zero-order valence-corrected chi connectivity index (χ0v) is 16.9. The van der Waals surface area contributed by atoms with Crippen LogP contribution in [-0.4, -0.2) is 49.5 Å². The van der Waals surface area contributed by atoms with E-state index in [2.05, 4.69) is 29.0 Å². The molecule has 1 aliphatic rings. The molecule has 9 heteroatoms. The molecule has 7 nitrogen and oxygen atoms in total. The Morgan fingerprint density at radius 2 is 1.93 bits per heavy atom. The Labute approximate surface area is 162 Å². The summed E-state index contributed by atoms with van der Waals surface area (Å²) < 4.78 is 30.6. The first-order chi connectivity index (χ1) is 12.8. The molecule has 2 heterocycles. The van der Waals surface area contributed by atoms with Crippen LogP contribution in [0.4, 0.5) is 0 Å². The minimum Gasteiger partial charge on any atom is -0.474 e. The molecule has 0 spiro atoms. The Morgan fingerprint density at radius 3 is 2.59 bits per heavy atom. The average molecular weight is 407 g/mol. The van der Waals surface area contributed by atoms with Crippen molar-refractivity contribution in [3.05, 3.63) is 24.5 Å². The van der Waals surface area contributed by atoms with E-state index in [9.17, 15) is 8.42 Å². The van der Waals surface area contributed by atoms with Crippen LogP contribution in [0.3, 0.4) is 0 Å². The van der Waals surface area contributed by atoms with Gasteiger partial charge in [0.15, 0.2) is 0 Å². The van der Waals surface area contributed by atoms with Gasteiger partial charge in [0.2, 0.25) is 15.9 Å². The Kier molecular flexibility index (Phi) is 4.79. The third-order valence-electron chi connectivity index (χ3n) is 5.19. The molecule has 0 atom stereocenters. The minimum atomic E-state index is -3.78. The molecule has 2 aromatic heterocycles. The fraction of sp³-hybridized carbons (Fsp3) is 0.444. The quantitative estimate of drug-likeness (QED) is 0.715. The summed E-state index contributed by atoms with van der Waals surface area (Å²) in [6.07, 6.45) is 5.73. The number of ether oxygens (including phenoxy) is 1. The van der Waals surface area contributed by atoms with Gasteiger partial charge in [0, 0.05) is 16.1 Å². The molecule has 0 radical (unpaired) electrons. The Morgan fingerprint density at radius 1 is 1.19 bits per heavy atom. The smallest absolute Gasteiger partial charge is 0.238 e. The van der Waals surface area contributed by atoms with Gasteiger partial charge < -0.3 is 9.64 Å². The van der Waals surface area contributed by atoms with Gasteiger partial charge in [0.1, 0.15) is 17.3 Å². The van der Waals surface area contributed by atoms with E-state index in [1.807, 2.05) is 0 Å². The third kappa shape index (κ3) is 3.64. The highest BCUT2D eigenvalue weighted by Crippen LogP contribution is 2.39. The molecular formula is C18H22N4O3S2. The predicted molar refractivity (Wildman–Crippen MR) is 107 cm³/mol. The zero-order chi connectivity index (χ0) is 19.2. The molecule has 1 saturated carbocycles. The van der Waals surface area contributed by atoms with Crippen molar-refractivity contribution in [2.45, 2.75) is 42.7 Å². The summed E-state index contributed by atoms with van der Waals surface area (Å²) in [6.45, 7) is 0. The summed E-state index contributed by atoms with van der Waals surface area (Å²) in [4.78, 5) is 11.8. The largest absolute Gasteiger partial charge is 0.474 e. The number of fused-ring (bicyclic) bond motifs is 3. The normalized spacial score (nSPS) is 21.2. The van der Waals surface area contributed by atoms with E-state index in [1.165, 1.54) is 23.7 Å². The second-order valence-corrected chi connectivity index (χ2v) is 9.77. The maximum absolute atomic E-state index is 11.7. The van der Waals surface area contributed by atoms with Gasteiger partial charge in [-0.05, 0) is 58.0 Å². The van der Waals surface area contributed by atoms with Crippen LogP contribution >= 0.6 is 11.3 Å². The SMILES string of the molecule is CN(C)[C@H]1CC[C@H](Oc2ncnc3sc4ccc(S(N)(=O)=O)cc4c23)CC1. The maximum Gasteiger partial charge on any atom is 0.238 e. The van der Waals surface area contributed by atoms with Crippen LogP contribution in [0.2, 0.25) is 0 Å². The van der Waals surface area contributed by atoms with Crippen LogP contribution in [0.5, 0.6) is 5.88 Å². The molecule has 0 unspecified atom stereocenters. The summed E-state index contributed by atoms with van der Waals surface area (Å²) in [5.41, 5.74) is 0. The van der Waals surface area contributed by atoms with E-state index in [0.717, 1.165) is 46.0 Å². The summed E-state index contributed by atoms with van der Waals surface area (Å²) in [7, 11) is 0.446. The lowest BCUT2D eigenvalue weighted by atomic mass is 9.92. The maximum atomic E-state index is 11.7. The number of sulfonamides is 1. The average Bonchev–Trinajstić information content (AvgIpc) is 3.00. The van der Waals surface area contributed by atoms with Crippen LogP contribution in [0.25, 0.3) is 20.3 Å². The fourth-order valence-corrected chi connectivity index (χ4v) is 5.22. The first-order valence-electron chi connectivity index (χ1n) is 8.86. The van der Waals surface area contributed by atoms with E-state index in [4.69, 9.17) is 9.88 Å². The van der Waals surface area contributed by atoms with Gasteiger partial charge in [-0.25, -0.2) is 23.5 Å². The number of hydrogen-bond acceptors (Lipinski definition) is 7. The van der Waals surface area contributed by atoms with Crippen molar-refractivity contribution in [1.82, 2.24) is 14.9 Å². The van der Waals surface area contributed by atoms with Gasteiger partial charge in [0.05, 0.1) is 10.3 Å². The molecule has 0 saturated heterocycles. The van der Waals surface area contributed by atoms with Gasteiger partial charge in [0.25, 0.3) is 0 Å². The van der Waals surface area contributed by atoms with Crippen LogP contribution < -0.4 is 9.88 Å². The van der Waals surface area contributed by atoms with Crippen LogP contribution in [0, 0.1) is 0 Å². The Hall–Kier alpha value is -1.81. The number of nitrogens with zero attached hydrogens (tertiary/aromatic N) is 3. The number of nitrogens with two attached hydrogens (primary N) is 1. The number of benzene rings is 1. The molecule has 27 heavy (non-hydrogen) atoms. The van der Waals surface area contributed by atoms with E-state index in [1.54, 1.807) is 12.1 Å². The van der Waals surface area contributed by atoms with Gasteiger partial charge in [-0.1, -0.05) is 0 Å². The minimum absolute atomic E-state index is 0.0796. The summed E-state index contributed by atoms with van der Waals surface area (Å²) in [5, 5.41) is 6.82. The molecule has 0 aliphatic heterocycles. The number of primary sulfonamides is 1. The molecule has 2 N–H and O–H groups in total. The molecule has 3 aromatic rings. The predicted octanol–water partition coefficient (Wildman–Crippen LogP) is 2.74. The first-order valence-corrected chi connectivity index (χ1v) is 11.2. The summed E-state index contributed by atoms with van der Waals surface area (Å²) >= 11 is 1.49. The van der Waals surface area contributed by atoms with E-state index in [-0.39, 0.29) is 11.0 Å². The van der Waals surface area contributed by atoms with Crippen molar-refractivity contribution in [3.8, 4) is 5.88 Å². The molecule has 0 amide bonds. The van der Waals surface area contributed by atoms with Crippen molar-refractivity contribution < 1.29 is 13.2 Å². The first kappa shape index (κ1) is 18.5. The molecular weight excluding hydrogens is 384 g/mol. The summed E-state index contributed by atoms with van der Waals surface area (Å²) in [6, 6.07) is 5.45. The molecule has 0 bridgehead atoms. The van der Waals surface area contributed by atoms with Gasteiger partial charge in [-0.15, -0.1) is 11.3 Å². The number of aromatic nitrogens is 2. The van der Waals surface area contributed by atoms with Crippen molar-refractivity contribution in [2.75, 3.05) is 14.1 Å². The highest BCUT2D eigenvalue weighted by molar-refractivity contribution is 7.89. The molecule has 1 aliphatic carbocycles. The second-order valence-electron chi connectivity index (χ2n) is 7.18. The lowest BCUT2D eigenvalue weighted by Crippen LogP contribution is -2.35. The van der Waals surface area contributed by atoms with Crippen LogP contribution in [-0.2, 0) is 10.0 Å². The van der Waals surface area contributed by atoms with Gasteiger partial charge >= 0.3 is 0 Å². The lowest BCUT2D eigenvalue weighted by molar-refractivity contribution is 0.108. The molecule has 1 aromatic carbocycles. The van der Waals surface area contributed by atoms with E-state index >= 15 is 0 Å². The van der Waals surface area contributed by atoms with Crippen molar-refractivity contribution in [3.63, 3.8) is 0 Å². The van der Waals surface area contributed by atoms with E-state index in [0.29, 0.717) is 11.9 Å². The van der Waals surface area contributed by atoms with Crippen molar-refractivity contribution in [2.24, 2.45) is 5.14 Å². The monoisotopic (exact) mass is 406 g/mol. The third-order valence-corrected chi connectivity index (χ3v) is 7.18. The number of hydrogen-bond donors (Lipinski definition) is 1. The Balaban J connectivity index is 1.71. The van der Waals surface area contributed by atoms with Crippen molar-refractivity contribution >= 4 is 41.7 Å². The number of rotatable bonds is 4. The highest BCUT2D eigenvalue weighted by Gasteiger charge is 2.25. The second kappa shape index (κ2) is 6.97. The highest BCUT2D eigenvalue weighted by atomic mass is 32.2. The lowest BCUT2D eigenvalue weighted by Gasteiger charge is -2.32. The zero-order valence-electron chi connectivity index (χ0n) is 15.3. The number of thiophene rings is 1. The topological polar surface area (TPSA) is 98.4 Å². The Bertz CT molecular complexity index is 1090. The molecule has 144 valence electrons. The van der Waals surface area contributed by atoms with Gasteiger partial charge in [-0.2, -0.15) is 0 Å². The fourth-order valence-electron chi connectivity index (χ4n) is 3.66. The van der Waals surface area contributed by atoms with Crippen LogP contribution in [0.1, 0.15) is 25.7 Å². The molecule has 1 fully saturated rings. The summed E-state index contributed by atoms with van der Waals surface area (Å²) in [5.74, 6) is 0.520. The molecule has 4 rings (SSSR count). The van der Waals surface area contributed by atoms with E-state index < -0.39 is 10.0 Å². The standard InChI is InChI=1S/C18H22N4O3S2/c1-22(2)11-3-5-12(6-4-11)25-17-16-14-9-13(27(19,23)24)7-8-15(14)26-18(16)21-10-20-17/h7-12H,3-6H2,1-2H3,(H2,19,23,24)/t11-,12-.